The lowest BCUT2D eigenvalue weighted by Gasteiger charge is -2.31. The summed E-state index contributed by atoms with van der Waals surface area (Å²) in [7, 11) is -3.84. The topological polar surface area (TPSA) is 80.8 Å². The molecule has 0 spiro atoms. The summed E-state index contributed by atoms with van der Waals surface area (Å²) in [5.74, 6) is -1.60. The van der Waals surface area contributed by atoms with Crippen LogP contribution in [0.25, 0.3) is 0 Å². The van der Waals surface area contributed by atoms with Crippen molar-refractivity contribution in [1.82, 2.24) is 4.31 Å². The first-order valence-corrected chi connectivity index (χ1v) is 9.02. The Bertz CT molecular complexity index is 723. The summed E-state index contributed by atoms with van der Waals surface area (Å²) in [4.78, 5) is 21.3. The molecule has 1 saturated heterocycles. The van der Waals surface area contributed by atoms with Crippen LogP contribution < -0.4 is 4.74 Å². The van der Waals surface area contributed by atoms with E-state index < -0.39 is 33.3 Å². The van der Waals surface area contributed by atoms with E-state index in [1.54, 1.807) is 0 Å². The number of halogens is 3. The van der Waals surface area contributed by atoms with Crippen molar-refractivity contribution in [2.75, 3.05) is 18.8 Å². The third kappa shape index (κ3) is 5.27. The zero-order valence-corrected chi connectivity index (χ0v) is 13.8. The third-order valence-corrected chi connectivity index (χ3v) is 5.54. The number of aldehydes is 1. The zero-order chi connectivity index (χ0) is 18.7. The van der Waals surface area contributed by atoms with E-state index in [0.717, 1.165) is 16.4 Å². The SMILES string of the molecule is O=CC(=O)CS(=O)(=O)N1CCC(Oc2ccc(C(F)(F)F)cc2)CC1. The van der Waals surface area contributed by atoms with Gasteiger partial charge >= 0.3 is 6.18 Å². The van der Waals surface area contributed by atoms with E-state index in [9.17, 15) is 31.2 Å². The maximum absolute atomic E-state index is 12.5. The fourth-order valence-corrected chi connectivity index (χ4v) is 3.83. The molecule has 25 heavy (non-hydrogen) atoms. The standard InChI is InChI=1S/C15H16F3NO5S/c16-15(17,18)11-1-3-13(4-2-11)24-14-5-7-19(8-6-14)25(22,23)10-12(21)9-20/h1-4,9,14H,5-8,10H2. The van der Waals surface area contributed by atoms with Gasteiger partial charge in [-0.05, 0) is 37.1 Å². The number of nitrogens with zero attached hydrogens (tertiary/aromatic N) is 1. The second-order valence-electron chi connectivity index (χ2n) is 5.58. The van der Waals surface area contributed by atoms with Gasteiger partial charge in [-0.3, -0.25) is 9.59 Å². The van der Waals surface area contributed by atoms with Crippen LogP contribution in [0.1, 0.15) is 18.4 Å². The second-order valence-corrected chi connectivity index (χ2v) is 7.55. The fourth-order valence-electron chi connectivity index (χ4n) is 2.45. The van der Waals surface area contributed by atoms with Crippen molar-refractivity contribution in [3.63, 3.8) is 0 Å². The number of Topliss-reactive ketones (excluding diaryl/α,β-unsaturated/α-hetero) is 1. The molecule has 0 saturated carbocycles. The van der Waals surface area contributed by atoms with Crippen LogP contribution in [0.3, 0.4) is 0 Å². The lowest BCUT2D eigenvalue weighted by molar-refractivity contribution is -0.137. The van der Waals surface area contributed by atoms with E-state index in [-0.39, 0.29) is 31.2 Å². The van der Waals surface area contributed by atoms with Gasteiger partial charge in [-0.15, -0.1) is 0 Å². The predicted molar refractivity (Wildman–Crippen MR) is 81.5 cm³/mol. The minimum absolute atomic E-state index is 0.0297. The number of carbonyl (C=O) groups is 2. The maximum Gasteiger partial charge on any atom is 0.416 e. The molecule has 0 amide bonds. The molecule has 1 heterocycles. The second kappa shape index (κ2) is 7.52. The Kier molecular flexibility index (Phi) is 5.83. The Morgan fingerprint density at radius 2 is 1.76 bits per heavy atom. The van der Waals surface area contributed by atoms with Crippen molar-refractivity contribution >= 4 is 22.1 Å². The summed E-state index contributed by atoms with van der Waals surface area (Å²) in [6.07, 6.45) is -4.13. The Morgan fingerprint density at radius 3 is 2.24 bits per heavy atom. The predicted octanol–water partition coefficient (Wildman–Crippen LogP) is 1.65. The van der Waals surface area contributed by atoms with Crippen LogP contribution in [0.15, 0.2) is 24.3 Å². The highest BCUT2D eigenvalue weighted by atomic mass is 32.2. The molecule has 0 bridgehead atoms. The normalized spacial score (nSPS) is 17.2. The molecule has 0 aromatic heterocycles. The first-order valence-electron chi connectivity index (χ1n) is 7.41. The maximum atomic E-state index is 12.5. The summed E-state index contributed by atoms with van der Waals surface area (Å²) in [6.45, 7) is 0.222. The highest BCUT2D eigenvalue weighted by Crippen LogP contribution is 2.31. The molecule has 1 aromatic carbocycles. The monoisotopic (exact) mass is 379 g/mol. The Hall–Kier alpha value is -1.94. The third-order valence-electron chi connectivity index (χ3n) is 3.73. The van der Waals surface area contributed by atoms with Gasteiger partial charge in [0, 0.05) is 13.1 Å². The number of carbonyl (C=O) groups excluding carboxylic acids is 2. The Labute approximate surface area is 142 Å². The van der Waals surface area contributed by atoms with Crippen molar-refractivity contribution in [2.45, 2.75) is 25.1 Å². The van der Waals surface area contributed by atoms with Crippen molar-refractivity contribution in [3.8, 4) is 5.75 Å². The number of hydrogen-bond donors (Lipinski definition) is 0. The first kappa shape index (κ1) is 19.4. The molecule has 0 aliphatic carbocycles. The quantitative estimate of drug-likeness (QED) is 0.555. The molecule has 0 N–H and O–H groups in total. The van der Waals surface area contributed by atoms with Gasteiger partial charge in [0.2, 0.25) is 15.8 Å². The summed E-state index contributed by atoms with van der Waals surface area (Å²) in [5.41, 5.74) is -0.777. The van der Waals surface area contributed by atoms with E-state index in [4.69, 9.17) is 4.74 Å². The van der Waals surface area contributed by atoms with Crippen molar-refractivity contribution < 1.29 is 35.9 Å². The average molecular weight is 379 g/mol. The number of ketones is 1. The van der Waals surface area contributed by atoms with E-state index in [1.807, 2.05) is 0 Å². The van der Waals surface area contributed by atoms with Gasteiger partial charge < -0.3 is 4.74 Å². The fraction of sp³-hybridized carbons (Fsp3) is 0.467. The molecular formula is C15H16F3NO5S. The highest BCUT2D eigenvalue weighted by molar-refractivity contribution is 7.89. The average Bonchev–Trinajstić information content (AvgIpc) is 2.54. The molecule has 1 aromatic rings. The van der Waals surface area contributed by atoms with Crippen LogP contribution in [0.4, 0.5) is 13.2 Å². The molecule has 1 aliphatic heterocycles. The van der Waals surface area contributed by atoms with Crippen LogP contribution in [-0.2, 0) is 25.8 Å². The molecule has 0 unspecified atom stereocenters. The van der Waals surface area contributed by atoms with Crippen LogP contribution in [0.2, 0.25) is 0 Å². The highest BCUT2D eigenvalue weighted by Gasteiger charge is 2.31. The number of alkyl halides is 3. The molecule has 0 atom stereocenters. The summed E-state index contributed by atoms with van der Waals surface area (Å²) in [6, 6.07) is 4.27. The van der Waals surface area contributed by atoms with E-state index in [0.29, 0.717) is 12.8 Å². The van der Waals surface area contributed by atoms with Gasteiger partial charge in [0.1, 0.15) is 17.6 Å². The van der Waals surface area contributed by atoms with Gasteiger partial charge in [-0.2, -0.15) is 13.2 Å². The molecule has 1 aliphatic rings. The van der Waals surface area contributed by atoms with E-state index in [2.05, 4.69) is 0 Å². The number of benzene rings is 1. The smallest absolute Gasteiger partial charge is 0.416 e. The Balaban J connectivity index is 1.90. The van der Waals surface area contributed by atoms with E-state index >= 15 is 0 Å². The van der Waals surface area contributed by atoms with Crippen LogP contribution in [-0.4, -0.2) is 49.7 Å². The van der Waals surface area contributed by atoms with E-state index in [1.165, 1.54) is 12.1 Å². The largest absolute Gasteiger partial charge is 0.490 e. The van der Waals surface area contributed by atoms with Crippen LogP contribution in [0.5, 0.6) is 5.75 Å². The van der Waals surface area contributed by atoms with Crippen LogP contribution >= 0.6 is 0 Å². The van der Waals surface area contributed by atoms with Crippen molar-refractivity contribution in [3.05, 3.63) is 29.8 Å². The lowest BCUT2D eigenvalue weighted by Crippen LogP contribution is -2.43. The minimum atomic E-state index is -4.42. The molecule has 0 radical (unpaired) electrons. The minimum Gasteiger partial charge on any atom is -0.490 e. The number of rotatable bonds is 6. The van der Waals surface area contributed by atoms with Crippen molar-refractivity contribution in [1.29, 1.82) is 0 Å². The number of hydrogen-bond acceptors (Lipinski definition) is 5. The van der Waals surface area contributed by atoms with Gasteiger partial charge in [0.05, 0.1) is 5.56 Å². The summed E-state index contributed by atoms with van der Waals surface area (Å²) < 4.78 is 68.1. The molecule has 138 valence electrons. The van der Waals surface area contributed by atoms with Crippen molar-refractivity contribution in [2.24, 2.45) is 0 Å². The van der Waals surface area contributed by atoms with Crippen LogP contribution in [0, 0.1) is 0 Å². The molecule has 10 heteroatoms. The summed E-state index contributed by atoms with van der Waals surface area (Å²) in [5, 5.41) is 0. The summed E-state index contributed by atoms with van der Waals surface area (Å²) >= 11 is 0. The number of ether oxygens (including phenoxy) is 1. The van der Waals surface area contributed by atoms with Gasteiger partial charge in [0.25, 0.3) is 0 Å². The van der Waals surface area contributed by atoms with Gasteiger partial charge in [0.15, 0.2) is 6.29 Å². The number of piperidine rings is 1. The van der Waals surface area contributed by atoms with Gasteiger partial charge in [-0.1, -0.05) is 0 Å². The molecule has 2 rings (SSSR count). The molecular weight excluding hydrogens is 363 g/mol. The first-order chi connectivity index (χ1) is 11.6. The molecule has 1 fully saturated rings. The molecule has 6 nitrogen and oxygen atoms in total. The number of sulfonamides is 1. The lowest BCUT2D eigenvalue weighted by atomic mass is 10.1. The zero-order valence-electron chi connectivity index (χ0n) is 13.0. The van der Waals surface area contributed by atoms with Gasteiger partial charge in [-0.25, -0.2) is 12.7 Å². The Morgan fingerprint density at radius 1 is 1.20 bits per heavy atom.